The van der Waals surface area contributed by atoms with Gasteiger partial charge in [0.05, 0.1) is 0 Å². The van der Waals surface area contributed by atoms with Crippen molar-refractivity contribution in [2.24, 2.45) is 0 Å². The van der Waals surface area contributed by atoms with Crippen molar-refractivity contribution >= 4 is 0 Å². The Morgan fingerprint density at radius 1 is 0.615 bits per heavy atom. The molecule has 0 saturated carbocycles. The van der Waals surface area contributed by atoms with Crippen LogP contribution in [0.5, 0.6) is 0 Å². The van der Waals surface area contributed by atoms with Crippen LogP contribution >= 0.6 is 0 Å². The third-order valence-electron chi connectivity index (χ3n) is 0. The van der Waals surface area contributed by atoms with E-state index >= 15 is 0 Å². The Hall–Kier alpha value is 1.78. The summed E-state index contributed by atoms with van der Waals surface area (Å²) in [7, 11) is 0. The van der Waals surface area contributed by atoms with Crippen LogP contribution in [0.25, 0.3) is 0 Å². The van der Waals surface area contributed by atoms with Gasteiger partial charge in [-0.05, 0) is 0 Å². The van der Waals surface area contributed by atoms with Gasteiger partial charge in [-0.2, -0.15) is 0 Å². The van der Waals surface area contributed by atoms with E-state index in [9.17, 15) is 0 Å². The Labute approximate surface area is 112 Å². The second-order valence-corrected chi connectivity index (χ2v) is 3.12. The molecule has 0 aromatic carbocycles. The standard InChI is InChI=1S/Co.2Li.2Mn.8O/q+2;2*+1;;;;;;;4*-1. The van der Waals surface area contributed by atoms with Crippen molar-refractivity contribution in [1.82, 2.24) is 0 Å². The molecule has 0 amide bonds. The summed E-state index contributed by atoms with van der Waals surface area (Å²) in [5, 5.41) is 0. The molecule has 13 heteroatoms. The molecule has 0 saturated heterocycles. The van der Waals surface area contributed by atoms with E-state index in [2.05, 4.69) is 0 Å². The van der Waals surface area contributed by atoms with Gasteiger partial charge in [-0.15, -0.1) is 0 Å². The summed E-state index contributed by atoms with van der Waals surface area (Å²) < 4.78 is 68.6. The zero-order valence-corrected chi connectivity index (χ0v) is 9.76. The predicted octanol–water partition coefficient (Wildman–Crippen LogP) is -11.2. The molecule has 0 spiro atoms. The first-order chi connectivity index (χ1) is 4.00. The molecule has 0 unspecified atom stereocenters. The van der Waals surface area contributed by atoms with Crippen LogP contribution in [0.2, 0.25) is 0 Å². The predicted molar refractivity (Wildman–Crippen MR) is 2.75 cm³/mol. The monoisotopic (exact) mass is 311 g/mol. The third-order valence-corrected chi connectivity index (χ3v) is 0. The Morgan fingerprint density at radius 3 is 0.615 bits per heavy atom. The van der Waals surface area contributed by atoms with Crippen molar-refractivity contribution in [3.63, 3.8) is 0 Å². The maximum absolute atomic E-state index is 8.58. The zero-order chi connectivity index (χ0) is 9.00. The van der Waals surface area contributed by atoms with Crippen LogP contribution in [0.3, 0.4) is 0 Å². The summed E-state index contributed by atoms with van der Waals surface area (Å²) in [5.41, 5.74) is 0. The second-order valence-electron chi connectivity index (χ2n) is 0.756. The Balaban J connectivity index is -0.0000000267. The summed E-state index contributed by atoms with van der Waals surface area (Å²) in [6.45, 7) is 0. The van der Waals surface area contributed by atoms with Crippen LogP contribution in [-0.2, 0) is 58.9 Å². The fourth-order valence-electron chi connectivity index (χ4n) is 0. The molecule has 73 valence electrons. The van der Waals surface area contributed by atoms with Gasteiger partial charge in [-0.1, -0.05) is 0 Å². The molecule has 0 aromatic heterocycles. The van der Waals surface area contributed by atoms with Crippen LogP contribution in [0.15, 0.2) is 0 Å². The maximum atomic E-state index is 8.58. The van der Waals surface area contributed by atoms with Gasteiger partial charge < -0.3 is 0 Å². The molecule has 13 heavy (non-hydrogen) atoms. The first-order valence-electron chi connectivity index (χ1n) is 1.23. The van der Waals surface area contributed by atoms with Crippen molar-refractivity contribution in [1.29, 1.82) is 0 Å². The number of hydrogen-bond acceptors (Lipinski definition) is 8. The summed E-state index contributed by atoms with van der Waals surface area (Å²) in [6.07, 6.45) is 0. The van der Waals surface area contributed by atoms with E-state index in [1.165, 1.54) is 0 Å². The van der Waals surface area contributed by atoms with Crippen LogP contribution < -0.4 is 54.5 Å². The average molecular weight is 311 g/mol. The van der Waals surface area contributed by atoms with Gasteiger partial charge >= 0.3 is 113 Å². The molecule has 8 nitrogen and oxygen atoms in total. The molecule has 0 bridgehead atoms. The van der Waals surface area contributed by atoms with E-state index in [0.29, 0.717) is 0 Å². The Morgan fingerprint density at radius 2 is 0.615 bits per heavy atom. The fourth-order valence-corrected chi connectivity index (χ4v) is 0. The van der Waals surface area contributed by atoms with Crippen molar-refractivity contribution in [3.8, 4) is 0 Å². The summed E-state index contributed by atoms with van der Waals surface area (Å²) in [6, 6.07) is 0. The zero-order valence-electron chi connectivity index (χ0n) is 6.36. The Kier molecular flexibility index (Phi) is 26.8. The van der Waals surface area contributed by atoms with Crippen LogP contribution in [-0.4, -0.2) is 0 Å². The van der Waals surface area contributed by atoms with E-state index in [-0.39, 0.29) is 54.5 Å². The molecule has 0 N–H and O–H groups in total. The van der Waals surface area contributed by atoms with E-state index in [1.54, 1.807) is 0 Å². The molecular formula is CoLi2Mn2O8. The molecule has 0 heterocycles. The molecule has 0 atom stereocenters. The summed E-state index contributed by atoms with van der Waals surface area (Å²) in [5.74, 6) is 0. The molecule has 0 aliphatic heterocycles. The van der Waals surface area contributed by atoms with Crippen molar-refractivity contribution in [2.45, 2.75) is 0 Å². The fraction of sp³-hybridized carbons (Fsp3) is 0. The molecule has 0 aliphatic carbocycles. The van der Waals surface area contributed by atoms with E-state index in [4.69, 9.17) is 32.1 Å². The summed E-state index contributed by atoms with van der Waals surface area (Å²) >= 11 is -11.2. The van der Waals surface area contributed by atoms with Crippen LogP contribution in [0, 0.1) is 0 Å². The Bertz CT molecular complexity index is 217. The number of hydrogen-bond donors (Lipinski definition) is 0. The normalized spacial score (nSPS) is 8.92. The topological polar surface area (TPSA) is 161 Å². The molecule has 0 aliphatic rings. The van der Waals surface area contributed by atoms with Gasteiger partial charge in [0.25, 0.3) is 0 Å². The molecule has 0 rings (SSSR count). The van der Waals surface area contributed by atoms with Crippen molar-refractivity contribution in [3.05, 3.63) is 0 Å². The van der Waals surface area contributed by atoms with E-state index in [1.807, 2.05) is 0 Å². The van der Waals surface area contributed by atoms with Crippen LogP contribution in [0.1, 0.15) is 0 Å². The first-order valence-corrected chi connectivity index (χ1v) is 5.09. The minimum absolute atomic E-state index is 0. The van der Waals surface area contributed by atoms with Crippen LogP contribution in [0.4, 0.5) is 0 Å². The second kappa shape index (κ2) is 11.9. The SMILES string of the molecule is [Co+2].[Li+].[Li+].[O]=[Mn](=[O])([O-])[O-].[O]=[Mn](=[O])([O-])[O-]. The number of rotatable bonds is 0. The van der Waals surface area contributed by atoms with Gasteiger partial charge in [-0.3, -0.25) is 0 Å². The van der Waals surface area contributed by atoms with Crippen molar-refractivity contribution in [2.75, 3.05) is 0 Å². The van der Waals surface area contributed by atoms with Gasteiger partial charge in [0, 0.05) is 0 Å². The van der Waals surface area contributed by atoms with Gasteiger partial charge in [0.15, 0.2) is 0 Å². The molecule has 1 radical (unpaired) electrons. The van der Waals surface area contributed by atoms with Gasteiger partial charge in [0.1, 0.15) is 0 Å². The first kappa shape index (κ1) is 29.3. The minimum atomic E-state index is -5.62. The van der Waals surface area contributed by atoms with E-state index < -0.39 is 26.7 Å². The third kappa shape index (κ3) is 603. The van der Waals surface area contributed by atoms with E-state index in [0.717, 1.165) is 0 Å². The molecule has 0 aromatic rings. The van der Waals surface area contributed by atoms with Gasteiger partial charge in [0.2, 0.25) is 0 Å². The molecule has 0 fully saturated rings. The van der Waals surface area contributed by atoms with Crippen molar-refractivity contribution < 1.29 is 113 Å². The quantitative estimate of drug-likeness (QED) is 0.398. The average Bonchev–Trinajstić information content (AvgIpc) is 1.12. The summed E-state index contributed by atoms with van der Waals surface area (Å²) in [4.78, 5) is 0. The van der Waals surface area contributed by atoms with Gasteiger partial charge in [-0.25, -0.2) is 0 Å². The molecular weight excluding hydrogens is 311 g/mol.